The van der Waals surface area contributed by atoms with Gasteiger partial charge < -0.3 is 18.8 Å². The Morgan fingerprint density at radius 1 is 1.17 bits per heavy atom. The summed E-state index contributed by atoms with van der Waals surface area (Å²) in [6, 6.07) is 9.79. The monoisotopic (exact) mass is 341 g/mol. The van der Waals surface area contributed by atoms with Crippen LogP contribution in [0.15, 0.2) is 36.4 Å². The van der Waals surface area contributed by atoms with E-state index in [9.17, 15) is 13.2 Å². The average molecular weight is 341 g/mol. The van der Waals surface area contributed by atoms with Gasteiger partial charge in [0.25, 0.3) is 0 Å². The number of ether oxygens (including phenoxy) is 3. The van der Waals surface area contributed by atoms with Crippen molar-refractivity contribution in [3.05, 3.63) is 42.1 Å². The van der Waals surface area contributed by atoms with E-state index in [2.05, 4.69) is 4.74 Å². The molecule has 1 aromatic carbocycles. The van der Waals surface area contributed by atoms with E-state index in [-0.39, 0.29) is 11.9 Å². The molecule has 1 unspecified atom stereocenters. The second-order valence-electron chi connectivity index (χ2n) is 5.58. The van der Waals surface area contributed by atoms with Crippen molar-refractivity contribution in [1.29, 1.82) is 0 Å². The molecule has 0 amide bonds. The Balaban J connectivity index is 1.93. The van der Waals surface area contributed by atoms with E-state index in [1.807, 2.05) is 17.6 Å². The van der Waals surface area contributed by atoms with Crippen LogP contribution in [-0.4, -0.2) is 36.9 Å². The Morgan fingerprint density at radius 3 is 2.67 bits per heavy atom. The summed E-state index contributed by atoms with van der Waals surface area (Å²) in [6.45, 7) is 3.97. The standard InChI is InChI=1S/C17H18F3NO3/c1-12-6-7-15(21(12)10-13-11-22-8-9-23-13)14-4-2-3-5-16(14)24-17(18,19)20/h2-7,13H,8-11H2,1H3. The quantitative estimate of drug-likeness (QED) is 0.848. The van der Waals surface area contributed by atoms with Crippen LogP contribution in [0.2, 0.25) is 0 Å². The van der Waals surface area contributed by atoms with E-state index in [0.717, 1.165) is 5.69 Å². The van der Waals surface area contributed by atoms with E-state index in [1.54, 1.807) is 18.2 Å². The molecule has 2 aromatic rings. The normalized spacial score (nSPS) is 18.6. The van der Waals surface area contributed by atoms with Crippen LogP contribution < -0.4 is 4.74 Å². The molecule has 1 aromatic heterocycles. The van der Waals surface area contributed by atoms with E-state index in [4.69, 9.17) is 9.47 Å². The van der Waals surface area contributed by atoms with Crippen molar-refractivity contribution < 1.29 is 27.4 Å². The molecule has 1 saturated heterocycles. The van der Waals surface area contributed by atoms with Gasteiger partial charge in [0.2, 0.25) is 0 Å². The van der Waals surface area contributed by atoms with Crippen molar-refractivity contribution in [2.24, 2.45) is 0 Å². The van der Waals surface area contributed by atoms with Gasteiger partial charge in [0.05, 0.1) is 38.2 Å². The summed E-state index contributed by atoms with van der Waals surface area (Å²) in [5.41, 5.74) is 1.97. The van der Waals surface area contributed by atoms with Gasteiger partial charge in [-0.1, -0.05) is 12.1 Å². The molecule has 1 atom stereocenters. The molecule has 1 aliphatic heterocycles. The van der Waals surface area contributed by atoms with Gasteiger partial charge >= 0.3 is 6.36 Å². The maximum absolute atomic E-state index is 12.6. The SMILES string of the molecule is Cc1ccc(-c2ccccc2OC(F)(F)F)n1CC1COCCO1. The highest BCUT2D eigenvalue weighted by Gasteiger charge is 2.32. The number of alkyl halides is 3. The average Bonchev–Trinajstić information content (AvgIpc) is 2.88. The summed E-state index contributed by atoms with van der Waals surface area (Å²) in [6.07, 6.45) is -4.86. The largest absolute Gasteiger partial charge is 0.573 e. The highest BCUT2D eigenvalue weighted by Crippen LogP contribution is 2.35. The van der Waals surface area contributed by atoms with Crippen LogP contribution in [0.1, 0.15) is 5.69 Å². The van der Waals surface area contributed by atoms with Crippen LogP contribution >= 0.6 is 0 Å². The van der Waals surface area contributed by atoms with E-state index in [0.29, 0.717) is 37.6 Å². The molecule has 130 valence electrons. The van der Waals surface area contributed by atoms with Crippen molar-refractivity contribution in [3.8, 4) is 17.0 Å². The Kier molecular flexibility index (Phi) is 4.82. The lowest BCUT2D eigenvalue weighted by Crippen LogP contribution is -2.32. The van der Waals surface area contributed by atoms with Gasteiger partial charge in [-0.25, -0.2) is 0 Å². The second-order valence-corrected chi connectivity index (χ2v) is 5.58. The Hall–Kier alpha value is -1.99. The molecule has 2 heterocycles. The molecule has 1 aliphatic rings. The van der Waals surface area contributed by atoms with Crippen LogP contribution in [0.25, 0.3) is 11.3 Å². The predicted molar refractivity (Wildman–Crippen MR) is 81.8 cm³/mol. The zero-order chi connectivity index (χ0) is 17.2. The first-order valence-corrected chi connectivity index (χ1v) is 7.64. The van der Waals surface area contributed by atoms with Crippen molar-refractivity contribution in [3.63, 3.8) is 0 Å². The fraction of sp³-hybridized carbons (Fsp3) is 0.412. The molecule has 3 rings (SSSR count). The molecule has 7 heteroatoms. The number of benzene rings is 1. The third-order valence-corrected chi connectivity index (χ3v) is 3.86. The minimum Gasteiger partial charge on any atom is -0.405 e. The van der Waals surface area contributed by atoms with Crippen LogP contribution in [-0.2, 0) is 16.0 Å². The van der Waals surface area contributed by atoms with E-state index in [1.165, 1.54) is 12.1 Å². The summed E-state index contributed by atoms with van der Waals surface area (Å²) in [7, 11) is 0. The molecule has 0 radical (unpaired) electrons. The number of rotatable bonds is 4. The topological polar surface area (TPSA) is 32.6 Å². The molecule has 24 heavy (non-hydrogen) atoms. The summed E-state index contributed by atoms with van der Waals surface area (Å²) >= 11 is 0. The zero-order valence-corrected chi connectivity index (χ0v) is 13.2. The molecular formula is C17H18F3NO3. The van der Waals surface area contributed by atoms with Crippen molar-refractivity contribution in [2.45, 2.75) is 25.9 Å². The molecule has 0 aliphatic carbocycles. The number of hydrogen-bond acceptors (Lipinski definition) is 3. The van der Waals surface area contributed by atoms with Crippen LogP contribution in [0.3, 0.4) is 0 Å². The lowest BCUT2D eigenvalue weighted by atomic mass is 10.1. The van der Waals surface area contributed by atoms with Crippen LogP contribution in [0, 0.1) is 6.92 Å². The molecule has 0 spiro atoms. The van der Waals surface area contributed by atoms with Gasteiger partial charge in [0.15, 0.2) is 0 Å². The second kappa shape index (κ2) is 6.86. The molecule has 0 bridgehead atoms. The minimum absolute atomic E-state index is 0.126. The number of nitrogens with zero attached hydrogens (tertiary/aromatic N) is 1. The Bertz CT molecular complexity index is 691. The smallest absolute Gasteiger partial charge is 0.405 e. The molecule has 0 saturated carbocycles. The van der Waals surface area contributed by atoms with Gasteiger partial charge in [-0.2, -0.15) is 0 Å². The van der Waals surface area contributed by atoms with E-state index >= 15 is 0 Å². The third kappa shape index (κ3) is 3.91. The first-order chi connectivity index (χ1) is 11.4. The maximum Gasteiger partial charge on any atom is 0.573 e. The lowest BCUT2D eigenvalue weighted by Gasteiger charge is -2.25. The molecule has 1 fully saturated rings. The van der Waals surface area contributed by atoms with Crippen molar-refractivity contribution in [2.75, 3.05) is 19.8 Å². The maximum atomic E-state index is 12.6. The van der Waals surface area contributed by atoms with Crippen LogP contribution in [0.4, 0.5) is 13.2 Å². The molecule has 4 nitrogen and oxygen atoms in total. The van der Waals surface area contributed by atoms with Gasteiger partial charge in [0, 0.05) is 11.3 Å². The molecule has 0 N–H and O–H groups in total. The third-order valence-electron chi connectivity index (χ3n) is 3.86. The number of aromatic nitrogens is 1. The Labute approximate surface area is 137 Å². The first-order valence-electron chi connectivity index (χ1n) is 7.64. The highest BCUT2D eigenvalue weighted by atomic mass is 19.4. The molecular weight excluding hydrogens is 323 g/mol. The highest BCUT2D eigenvalue weighted by molar-refractivity contribution is 5.68. The van der Waals surface area contributed by atoms with Crippen LogP contribution in [0.5, 0.6) is 5.75 Å². The van der Waals surface area contributed by atoms with Crippen molar-refractivity contribution in [1.82, 2.24) is 4.57 Å². The fourth-order valence-corrected chi connectivity index (χ4v) is 2.78. The summed E-state index contributed by atoms with van der Waals surface area (Å²) in [5.74, 6) is -0.217. The minimum atomic E-state index is -4.73. The van der Waals surface area contributed by atoms with Gasteiger partial charge in [-0.15, -0.1) is 13.2 Å². The fourth-order valence-electron chi connectivity index (χ4n) is 2.78. The first kappa shape index (κ1) is 16.9. The number of para-hydroxylation sites is 1. The van der Waals surface area contributed by atoms with Gasteiger partial charge in [-0.05, 0) is 31.2 Å². The van der Waals surface area contributed by atoms with E-state index < -0.39 is 6.36 Å². The Morgan fingerprint density at radius 2 is 1.96 bits per heavy atom. The lowest BCUT2D eigenvalue weighted by molar-refractivity contribution is -0.274. The van der Waals surface area contributed by atoms with Gasteiger partial charge in [0.1, 0.15) is 5.75 Å². The number of aryl methyl sites for hydroxylation is 1. The summed E-state index contributed by atoms with van der Waals surface area (Å²) in [4.78, 5) is 0. The zero-order valence-electron chi connectivity index (χ0n) is 13.2. The van der Waals surface area contributed by atoms with Gasteiger partial charge in [-0.3, -0.25) is 0 Å². The van der Waals surface area contributed by atoms with Crippen molar-refractivity contribution >= 4 is 0 Å². The number of hydrogen-bond donors (Lipinski definition) is 0. The number of halogens is 3. The predicted octanol–water partition coefficient (Wildman–Crippen LogP) is 3.78. The summed E-state index contributed by atoms with van der Waals surface area (Å²) in [5, 5.41) is 0. The summed E-state index contributed by atoms with van der Waals surface area (Å²) < 4.78 is 55.1.